The summed E-state index contributed by atoms with van der Waals surface area (Å²) >= 11 is 0. The largest absolute Gasteiger partial charge is 0.480 e. The molecule has 7 heteroatoms. The number of hydrogen-bond donors (Lipinski definition) is 2. The van der Waals surface area contributed by atoms with Crippen molar-refractivity contribution in [2.75, 3.05) is 6.54 Å². The zero-order valence-electron chi connectivity index (χ0n) is 10.3. The van der Waals surface area contributed by atoms with Crippen molar-refractivity contribution >= 4 is 21.7 Å². The van der Waals surface area contributed by atoms with Crippen molar-refractivity contribution in [1.82, 2.24) is 5.32 Å². The minimum Gasteiger partial charge on any atom is -0.480 e. The summed E-state index contributed by atoms with van der Waals surface area (Å²) in [6.07, 6.45) is 0.637. The number of carboxylic acids is 1. The third kappa shape index (κ3) is 3.99. The third-order valence-electron chi connectivity index (χ3n) is 2.45. The van der Waals surface area contributed by atoms with Gasteiger partial charge in [-0.3, -0.25) is 9.59 Å². The fraction of sp³-hybridized carbons (Fsp3) is 0.800. The first-order chi connectivity index (χ1) is 7.78. The number of rotatable bonds is 7. The van der Waals surface area contributed by atoms with Crippen molar-refractivity contribution in [3.63, 3.8) is 0 Å². The number of carbonyl (C=O) groups is 2. The van der Waals surface area contributed by atoms with Crippen LogP contribution in [0.2, 0.25) is 0 Å². The average Bonchev–Trinajstić information content (AvgIpc) is 2.24. The molecule has 2 atom stereocenters. The van der Waals surface area contributed by atoms with Crippen molar-refractivity contribution in [3.05, 3.63) is 0 Å². The lowest BCUT2D eigenvalue weighted by Crippen LogP contribution is -2.44. The van der Waals surface area contributed by atoms with Crippen LogP contribution in [-0.4, -0.2) is 42.4 Å². The lowest BCUT2D eigenvalue weighted by molar-refractivity contribution is -0.136. The normalized spacial score (nSPS) is 15.0. The van der Waals surface area contributed by atoms with E-state index in [-0.39, 0.29) is 6.42 Å². The van der Waals surface area contributed by atoms with Crippen molar-refractivity contribution in [1.29, 1.82) is 0 Å². The summed E-state index contributed by atoms with van der Waals surface area (Å²) in [5.41, 5.74) is 0. The van der Waals surface area contributed by atoms with Gasteiger partial charge >= 0.3 is 5.97 Å². The van der Waals surface area contributed by atoms with Crippen molar-refractivity contribution in [2.45, 2.75) is 44.1 Å². The zero-order chi connectivity index (χ0) is 13.6. The van der Waals surface area contributed by atoms with Gasteiger partial charge in [-0.25, -0.2) is 8.42 Å². The van der Waals surface area contributed by atoms with Crippen LogP contribution in [0.3, 0.4) is 0 Å². The van der Waals surface area contributed by atoms with Gasteiger partial charge in [0.05, 0.1) is 0 Å². The lowest BCUT2D eigenvalue weighted by atomic mass is 10.3. The van der Waals surface area contributed by atoms with Crippen LogP contribution in [0.25, 0.3) is 0 Å². The number of sulfone groups is 1. The van der Waals surface area contributed by atoms with Gasteiger partial charge in [0.2, 0.25) is 5.91 Å². The molecule has 0 aromatic heterocycles. The predicted molar refractivity (Wildman–Crippen MR) is 63.4 cm³/mol. The summed E-state index contributed by atoms with van der Waals surface area (Å²) in [5, 5.41) is 8.39. The monoisotopic (exact) mass is 265 g/mol. The van der Waals surface area contributed by atoms with E-state index < -0.39 is 32.2 Å². The minimum absolute atomic E-state index is 0.0525. The highest BCUT2D eigenvalue weighted by molar-refractivity contribution is 7.94. The highest BCUT2D eigenvalue weighted by Crippen LogP contribution is 2.13. The fourth-order valence-corrected chi connectivity index (χ4v) is 2.96. The number of carbonyl (C=O) groups excluding carboxylic acids is 1. The molecule has 17 heavy (non-hydrogen) atoms. The summed E-state index contributed by atoms with van der Waals surface area (Å²) < 4.78 is 23.7. The third-order valence-corrected chi connectivity index (χ3v) is 4.98. The first-order valence-corrected chi connectivity index (χ1v) is 7.13. The Morgan fingerprint density at radius 2 is 1.82 bits per heavy atom. The van der Waals surface area contributed by atoms with Gasteiger partial charge in [0, 0.05) is 6.54 Å². The molecule has 2 N–H and O–H groups in total. The Morgan fingerprint density at radius 1 is 1.29 bits per heavy atom. The van der Waals surface area contributed by atoms with Gasteiger partial charge in [0.1, 0.15) is 5.25 Å². The standard InChI is InChI=1S/C10H19NO5S/c1-4-6-11-9(12)7(3)17(15,16)8(5-2)10(13)14/h7-8H,4-6H2,1-3H3,(H,11,12)(H,13,14). The highest BCUT2D eigenvalue weighted by atomic mass is 32.2. The second-order valence-corrected chi connectivity index (χ2v) is 6.21. The molecule has 0 saturated carbocycles. The second kappa shape index (κ2) is 6.58. The maximum Gasteiger partial charge on any atom is 0.321 e. The van der Waals surface area contributed by atoms with E-state index >= 15 is 0 Å². The predicted octanol–water partition coefficient (Wildman–Crippen LogP) is 0.179. The molecule has 0 rings (SSSR count). The molecular weight excluding hydrogens is 246 g/mol. The Bertz CT molecular complexity index is 376. The quantitative estimate of drug-likeness (QED) is 0.684. The first kappa shape index (κ1) is 15.9. The molecule has 0 aliphatic carbocycles. The molecule has 0 aromatic rings. The number of hydrogen-bond acceptors (Lipinski definition) is 4. The highest BCUT2D eigenvalue weighted by Gasteiger charge is 2.38. The van der Waals surface area contributed by atoms with Crippen LogP contribution in [0.1, 0.15) is 33.6 Å². The van der Waals surface area contributed by atoms with Crippen LogP contribution in [0.5, 0.6) is 0 Å². The van der Waals surface area contributed by atoms with Gasteiger partial charge in [0.15, 0.2) is 15.1 Å². The molecule has 0 aromatic carbocycles. The summed E-state index contributed by atoms with van der Waals surface area (Å²) in [6.45, 7) is 4.90. The van der Waals surface area contributed by atoms with Crippen LogP contribution in [0, 0.1) is 0 Å². The molecule has 0 radical (unpaired) electrons. The Balaban J connectivity index is 4.92. The summed E-state index contributed by atoms with van der Waals surface area (Å²) in [5.74, 6) is -2.06. The van der Waals surface area contributed by atoms with Crippen molar-refractivity contribution in [3.8, 4) is 0 Å². The van der Waals surface area contributed by atoms with Crippen LogP contribution in [0.15, 0.2) is 0 Å². The van der Waals surface area contributed by atoms with Crippen molar-refractivity contribution < 1.29 is 23.1 Å². The van der Waals surface area contributed by atoms with Gasteiger partial charge in [-0.1, -0.05) is 13.8 Å². The molecule has 6 nitrogen and oxygen atoms in total. The number of aliphatic carboxylic acids is 1. The van der Waals surface area contributed by atoms with E-state index in [1.54, 1.807) is 0 Å². The van der Waals surface area contributed by atoms with Crippen LogP contribution in [-0.2, 0) is 19.4 Å². The van der Waals surface area contributed by atoms with E-state index in [0.29, 0.717) is 13.0 Å². The van der Waals surface area contributed by atoms with Gasteiger partial charge in [0.25, 0.3) is 0 Å². The minimum atomic E-state index is -3.99. The molecule has 0 saturated heterocycles. The molecule has 1 amide bonds. The number of nitrogens with one attached hydrogen (secondary N) is 1. The molecule has 100 valence electrons. The molecule has 0 spiro atoms. The lowest BCUT2D eigenvalue weighted by Gasteiger charge is -2.17. The topological polar surface area (TPSA) is 101 Å². The molecule has 0 fully saturated rings. The Morgan fingerprint density at radius 3 is 2.18 bits per heavy atom. The summed E-state index contributed by atoms with van der Waals surface area (Å²) in [7, 11) is -3.99. The summed E-state index contributed by atoms with van der Waals surface area (Å²) in [6, 6.07) is 0. The molecule has 0 heterocycles. The second-order valence-electron chi connectivity index (χ2n) is 3.76. The molecule has 0 bridgehead atoms. The van der Waals surface area contributed by atoms with Gasteiger partial charge < -0.3 is 10.4 Å². The van der Waals surface area contributed by atoms with Crippen molar-refractivity contribution in [2.24, 2.45) is 0 Å². The smallest absolute Gasteiger partial charge is 0.321 e. The van der Waals surface area contributed by atoms with E-state index in [1.165, 1.54) is 13.8 Å². The molecule has 0 aliphatic heterocycles. The SMILES string of the molecule is CCCNC(=O)C(C)S(=O)(=O)C(CC)C(=O)O. The number of amides is 1. The Kier molecular flexibility index (Phi) is 6.15. The van der Waals surface area contributed by atoms with Gasteiger partial charge in [-0.05, 0) is 19.8 Å². The van der Waals surface area contributed by atoms with Gasteiger partial charge in [-0.15, -0.1) is 0 Å². The van der Waals surface area contributed by atoms with Crippen LogP contribution < -0.4 is 5.32 Å². The van der Waals surface area contributed by atoms with E-state index in [1.807, 2.05) is 6.92 Å². The molecular formula is C10H19NO5S. The van der Waals surface area contributed by atoms with E-state index in [0.717, 1.165) is 0 Å². The van der Waals surface area contributed by atoms with E-state index in [9.17, 15) is 18.0 Å². The molecule has 2 unspecified atom stereocenters. The fourth-order valence-electron chi connectivity index (χ4n) is 1.33. The number of carboxylic acid groups (broad SMARTS) is 1. The first-order valence-electron chi connectivity index (χ1n) is 5.52. The Labute approximate surface area is 101 Å². The van der Waals surface area contributed by atoms with Crippen LogP contribution >= 0.6 is 0 Å². The van der Waals surface area contributed by atoms with E-state index in [4.69, 9.17) is 5.11 Å². The van der Waals surface area contributed by atoms with Crippen LogP contribution in [0.4, 0.5) is 0 Å². The van der Waals surface area contributed by atoms with Gasteiger partial charge in [-0.2, -0.15) is 0 Å². The maximum atomic E-state index is 11.9. The molecule has 0 aliphatic rings. The van der Waals surface area contributed by atoms with E-state index in [2.05, 4.69) is 5.32 Å². The summed E-state index contributed by atoms with van der Waals surface area (Å²) in [4.78, 5) is 22.3. The zero-order valence-corrected chi connectivity index (χ0v) is 11.1. The average molecular weight is 265 g/mol. The Hall–Kier alpha value is -1.11. The maximum absolute atomic E-state index is 11.9.